The van der Waals surface area contributed by atoms with Gasteiger partial charge in [0.05, 0.1) is 7.11 Å². The summed E-state index contributed by atoms with van der Waals surface area (Å²) in [6.07, 6.45) is 4.26. The van der Waals surface area contributed by atoms with Gasteiger partial charge in [0.25, 0.3) is 0 Å². The van der Waals surface area contributed by atoms with Gasteiger partial charge in [-0.25, -0.2) is 4.98 Å². The lowest BCUT2D eigenvalue weighted by atomic mass is 10.00. The van der Waals surface area contributed by atoms with E-state index in [2.05, 4.69) is 28.5 Å². The number of hydrogen-bond acceptors (Lipinski definition) is 3. The van der Waals surface area contributed by atoms with Crippen molar-refractivity contribution in [3.8, 4) is 5.88 Å². The molecule has 1 atom stereocenters. The van der Waals surface area contributed by atoms with E-state index in [1.54, 1.807) is 7.11 Å². The van der Waals surface area contributed by atoms with Crippen LogP contribution in [0.1, 0.15) is 24.4 Å². The number of ether oxygens (including phenoxy) is 1. The van der Waals surface area contributed by atoms with E-state index in [4.69, 9.17) is 4.74 Å². The van der Waals surface area contributed by atoms with Crippen molar-refractivity contribution in [2.24, 2.45) is 0 Å². The molecular formula is C14H16N2O. The largest absolute Gasteiger partial charge is 0.481 e. The topological polar surface area (TPSA) is 34.1 Å². The monoisotopic (exact) mass is 228 g/mol. The van der Waals surface area contributed by atoms with Gasteiger partial charge >= 0.3 is 0 Å². The molecule has 0 saturated carbocycles. The lowest BCUT2D eigenvalue weighted by Crippen LogP contribution is -2.14. The number of aromatic nitrogens is 1. The predicted octanol–water partition coefficient (Wildman–Crippen LogP) is 2.67. The standard InChI is InChI=1S/C14H16N2O/c1-17-14-13(12-7-4-8-15-12)11-6-3-2-5-10(11)9-16-14/h2-3,5-6,9,12,15H,4,7-8H2,1H3. The second kappa shape index (κ2) is 4.34. The van der Waals surface area contributed by atoms with Gasteiger partial charge in [0.1, 0.15) is 0 Å². The molecule has 1 fully saturated rings. The van der Waals surface area contributed by atoms with E-state index in [9.17, 15) is 0 Å². The number of benzene rings is 1. The lowest BCUT2D eigenvalue weighted by molar-refractivity contribution is 0.388. The number of nitrogens with one attached hydrogen (secondary N) is 1. The van der Waals surface area contributed by atoms with Crippen LogP contribution in [0.3, 0.4) is 0 Å². The van der Waals surface area contributed by atoms with Gasteiger partial charge in [0.15, 0.2) is 0 Å². The fraction of sp³-hybridized carbons (Fsp3) is 0.357. The fourth-order valence-electron chi connectivity index (χ4n) is 2.60. The first-order valence-electron chi connectivity index (χ1n) is 6.05. The summed E-state index contributed by atoms with van der Waals surface area (Å²) in [5, 5.41) is 5.95. The van der Waals surface area contributed by atoms with Crippen molar-refractivity contribution in [1.82, 2.24) is 10.3 Å². The number of hydrogen-bond donors (Lipinski definition) is 1. The maximum absolute atomic E-state index is 5.41. The van der Waals surface area contributed by atoms with Crippen LogP contribution in [0, 0.1) is 0 Å². The molecule has 3 nitrogen and oxygen atoms in total. The molecule has 1 aliphatic heterocycles. The molecule has 1 aromatic heterocycles. The summed E-state index contributed by atoms with van der Waals surface area (Å²) in [7, 11) is 1.69. The van der Waals surface area contributed by atoms with E-state index in [0.717, 1.165) is 18.8 Å². The number of fused-ring (bicyclic) bond motifs is 1. The molecule has 88 valence electrons. The van der Waals surface area contributed by atoms with Crippen LogP contribution in [0.4, 0.5) is 0 Å². The molecule has 2 heterocycles. The van der Waals surface area contributed by atoms with Crippen LogP contribution in [-0.2, 0) is 0 Å². The molecular weight excluding hydrogens is 212 g/mol. The Balaban J connectivity index is 2.23. The highest BCUT2D eigenvalue weighted by Crippen LogP contribution is 2.34. The molecule has 17 heavy (non-hydrogen) atoms. The average Bonchev–Trinajstić information content (AvgIpc) is 2.91. The van der Waals surface area contributed by atoms with E-state index < -0.39 is 0 Å². The van der Waals surface area contributed by atoms with Crippen LogP contribution >= 0.6 is 0 Å². The van der Waals surface area contributed by atoms with Crippen molar-refractivity contribution in [2.75, 3.05) is 13.7 Å². The van der Waals surface area contributed by atoms with Crippen LogP contribution in [0.2, 0.25) is 0 Å². The molecule has 1 aromatic carbocycles. The zero-order valence-corrected chi connectivity index (χ0v) is 9.94. The highest BCUT2D eigenvalue weighted by Gasteiger charge is 2.22. The molecule has 1 aliphatic rings. The van der Waals surface area contributed by atoms with Crippen molar-refractivity contribution in [3.63, 3.8) is 0 Å². The van der Waals surface area contributed by atoms with Gasteiger partial charge in [0.2, 0.25) is 5.88 Å². The molecule has 3 rings (SSSR count). The molecule has 1 unspecified atom stereocenters. The molecule has 0 radical (unpaired) electrons. The third-order valence-electron chi connectivity index (χ3n) is 3.40. The minimum Gasteiger partial charge on any atom is -0.481 e. The number of nitrogens with zero attached hydrogens (tertiary/aromatic N) is 1. The van der Waals surface area contributed by atoms with Crippen LogP contribution in [-0.4, -0.2) is 18.6 Å². The number of pyridine rings is 1. The second-order valence-electron chi connectivity index (χ2n) is 4.42. The zero-order chi connectivity index (χ0) is 11.7. The smallest absolute Gasteiger partial charge is 0.218 e. The molecule has 0 spiro atoms. The van der Waals surface area contributed by atoms with Gasteiger partial charge in [0, 0.05) is 23.2 Å². The Bertz CT molecular complexity index is 533. The summed E-state index contributed by atoms with van der Waals surface area (Å²) in [6.45, 7) is 1.08. The van der Waals surface area contributed by atoms with E-state index in [0.29, 0.717) is 6.04 Å². The zero-order valence-electron chi connectivity index (χ0n) is 9.94. The Labute approximate surface area is 101 Å². The van der Waals surface area contributed by atoms with Crippen LogP contribution < -0.4 is 10.1 Å². The molecule has 0 bridgehead atoms. The maximum atomic E-state index is 5.41. The minimum absolute atomic E-state index is 0.378. The first kappa shape index (κ1) is 10.5. The predicted molar refractivity (Wildman–Crippen MR) is 68.3 cm³/mol. The molecule has 2 aromatic rings. The molecule has 3 heteroatoms. The summed E-state index contributed by atoms with van der Waals surface area (Å²) in [5.74, 6) is 0.753. The Morgan fingerprint density at radius 3 is 3.00 bits per heavy atom. The van der Waals surface area contributed by atoms with Crippen LogP contribution in [0.15, 0.2) is 30.5 Å². The summed E-state index contributed by atoms with van der Waals surface area (Å²) in [6, 6.07) is 8.74. The number of rotatable bonds is 2. The first-order valence-corrected chi connectivity index (χ1v) is 6.05. The molecule has 1 saturated heterocycles. The summed E-state index contributed by atoms with van der Waals surface area (Å²) in [5.41, 5.74) is 1.21. The van der Waals surface area contributed by atoms with Crippen LogP contribution in [0.5, 0.6) is 5.88 Å². The third kappa shape index (κ3) is 1.76. The van der Waals surface area contributed by atoms with Gasteiger partial charge in [-0.15, -0.1) is 0 Å². The van der Waals surface area contributed by atoms with E-state index in [1.807, 2.05) is 12.3 Å². The Kier molecular flexibility index (Phi) is 2.69. The van der Waals surface area contributed by atoms with Crippen molar-refractivity contribution >= 4 is 10.8 Å². The Morgan fingerprint density at radius 1 is 1.35 bits per heavy atom. The van der Waals surface area contributed by atoms with Gasteiger partial charge in [-0.3, -0.25) is 0 Å². The third-order valence-corrected chi connectivity index (χ3v) is 3.40. The normalized spacial score (nSPS) is 19.7. The summed E-state index contributed by atoms with van der Waals surface area (Å²) < 4.78 is 5.41. The SMILES string of the molecule is COc1ncc2ccccc2c1C1CCCN1. The molecule has 1 N–H and O–H groups in total. The highest BCUT2D eigenvalue weighted by atomic mass is 16.5. The lowest BCUT2D eigenvalue weighted by Gasteiger charge is -2.16. The maximum Gasteiger partial charge on any atom is 0.218 e. The fourth-order valence-corrected chi connectivity index (χ4v) is 2.60. The number of methoxy groups -OCH3 is 1. The summed E-state index contributed by atoms with van der Waals surface area (Å²) >= 11 is 0. The van der Waals surface area contributed by atoms with Crippen molar-refractivity contribution < 1.29 is 4.74 Å². The quantitative estimate of drug-likeness (QED) is 0.858. The van der Waals surface area contributed by atoms with E-state index in [-0.39, 0.29) is 0 Å². The van der Waals surface area contributed by atoms with Crippen molar-refractivity contribution in [2.45, 2.75) is 18.9 Å². The van der Waals surface area contributed by atoms with E-state index in [1.165, 1.54) is 22.8 Å². The highest BCUT2D eigenvalue weighted by molar-refractivity contribution is 5.86. The summed E-state index contributed by atoms with van der Waals surface area (Å²) in [4.78, 5) is 4.41. The Hall–Kier alpha value is -1.61. The second-order valence-corrected chi connectivity index (χ2v) is 4.42. The van der Waals surface area contributed by atoms with E-state index >= 15 is 0 Å². The van der Waals surface area contributed by atoms with Gasteiger partial charge in [-0.1, -0.05) is 24.3 Å². The van der Waals surface area contributed by atoms with Crippen molar-refractivity contribution in [3.05, 3.63) is 36.0 Å². The van der Waals surface area contributed by atoms with Gasteiger partial charge in [-0.2, -0.15) is 0 Å². The Morgan fingerprint density at radius 2 is 2.24 bits per heavy atom. The molecule has 0 aliphatic carbocycles. The average molecular weight is 228 g/mol. The molecule has 0 amide bonds. The van der Waals surface area contributed by atoms with Gasteiger partial charge in [-0.05, 0) is 24.8 Å². The first-order chi connectivity index (χ1) is 8.40. The van der Waals surface area contributed by atoms with Gasteiger partial charge < -0.3 is 10.1 Å². The van der Waals surface area contributed by atoms with Crippen molar-refractivity contribution in [1.29, 1.82) is 0 Å². The minimum atomic E-state index is 0.378. The van der Waals surface area contributed by atoms with Crippen LogP contribution in [0.25, 0.3) is 10.8 Å².